The molecule has 0 spiro atoms. The first-order valence-electron chi connectivity index (χ1n) is 9.34. The van der Waals surface area contributed by atoms with E-state index in [1.54, 1.807) is 17.5 Å². The molecular formula is C20H23N3O4S. The van der Waals surface area contributed by atoms with Gasteiger partial charge in [0.1, 0.15) is 5.75 Å². The number of thiazole rings is 1. The van der Waals surface area contributed by atoms with Crippen LogP contribution in [0.3, 0.4) is 0 Å². The van der Waals surface area contributed by atoms with Gasteiger partial charge in [-0.1, -0.05) is 0 Å². The summed E-state index contributed by atoms with van der Waals surface area (Å²) in [6.07, 6.45) is 2.47. The van der Waals surface area contributed by atoms with Crippen LogP contribution in [0.2, 0.25) is 0 Å². The number of aromatic nitrogens is 2. The van der Waals surface area contributed by atoms with Crippen molar-refractivity contribution in [3.8, 4) is 5.75 Å². The molecule has 2 N–H and O–H groups in total. The van der Waals surface area contributed by atoms with Gasteiger partial charge < -0.3 is 24.5 Å². The quantitative estimate of drug-likeness (QED) is 0.633. The van der Waals surface area contributed by atoms with Gasteiger partial charge in [0, 0.05) is 41.5 Å². The number of aromatic amines is 1. The van der Waals surface area contributed by atoms with Crippen molar-refractivity contribution in [3.05, 3.63) is 40.5 Å². The van der Waals surface area contributed by atoms with Crippen molar-refractivity contribution in [1.29, 1.82) is 0 Å². The number of rotatable bonds is 7. The summed E-state index contributed by atoms with van der Waals surface area (Å²) in [7, 11) is 0. The number of nitrogens with zero attached hydrogens (tertiary/aromatic N) is 2. The van der Waals surface area contributed by atoms with Crippen LogP contribution in [0.1, 0.15) is 16.1 Å². The standard InChI is InChI=1S/C20H23N3O4S/c1-13-17(22-20(28-13)23-5-8-26-9-6-23)4-7-27-15-2-3-18-16(11-15)14(12-21-18)10-19(24)25/h2-3,11-12,21H,4-10H2,1H3,(H,24,25). The molecule has 0 amide bonds. The van der Waals surface area contributed by atoms with Crippen molar-refractivity contribution in [3.63, 3.8) is 0 Å². The lowest BCUT2D eigenvalue weighted by Crippen LogP contribution is -2.36. The number of carboxylic acids is 1. The predicted molar refractivity (Wildman–Crippen MR) is 109 cm³/mol. The molecule has 0 aliphatic carbocycles. The molecule has 2 aromatic heterocycles. The number of H-pyrrole nitrogens is 1. The van der Waals surface area contributed by atoms with Crippen LogP contribution in [0.25, 0.3) is 10.9 Å². The SMILES string of the molecule is Cc1sc(N2CCOCC2)nc1CCOc1ccc2[nH]cc(CC(=O)O)c2c1. The number of carboxylic acid groups (broad SMARTS) is 1. The molecule has 28 heavy (non-hydrogen) atoms. The zero-order chi connectivity index (χ0) is 19.5. The fourth-order valence-electron chi connectivity index (χ4n) is 3.36. The molecule has 1 aliphatic rings. The third-order valence-corrected chi connectivity index (χ3v) is 5.93. The first-order valence-corrected chi connectivity index (χ1v) is 10.2. The van der Waals surface area contributed by atoms with Gasteiger partial charge in [-0.2, -0.15) is 0 Å². The molecule has 0 radical (unpaired) electrons. The van der Waals surface area contributed by atoms with Crippen molar-refractivity contribution in [2.75, 3.05) is 37.8 Å². The van der Waals surface area contributed by atoms with E-state index in [-0.39, 0.29) is 6.42 Å². The summed E-state index contributed by atoms with van der Waals surface area (Å²) < 4.78 is 11.3. The molecule has 1 saturated heterocycles. The second-order valence-corrected chi connectivity index (χ2v) is 7.97. The molecule has 0 bridgehead atoms. The third-order valence-electron chi connectivity index (χ3n) is 4.85. The van der Waals surface area contributed by atoms with Gasteiger partial charge in [-0.05, 0) is 30.7 Å². The van der Waals surface area contributed by atoms with Gasteiger partial charge in [0.15, 0.2) is 5.13 Å². The monoisotopic (exact) mass is 401 g/mol. The highest BCUT2D eigenvalue weighted by atomic mass is 32.1. The van der Waals surface area contributed by atoms with Crippen LogP contribution in [-0.2, 0) is 22.4 Å². The lowest BCUT2D eigenvalue weighted by molar-refractivity contribution is -0.136. The number of nitrogens with one attached hydrogen (secondary N) is 1. The Hall–Kier alpha value is -2.58. The van der Waals surface area contributed by atoms with Gasteiger partial charge >= 0.3 is 5.97 Å². The highest BCUT2D eigenvalue weighted by Crippen LogP contribution is 2.27. The molecule has 0 saturated carbocycles. The summed E-state index contributed by atoms with van der Waals surface area (Å²) >= 11 is 1.72. The summed E-state index contributed by atoms with van der Waals surface area (Å²) in [5.41, 5.74) is 2.74. The molecular weight excluding hydrogens is 378 g/mol. The predicted octanol–water partition coefficient (Wildman–Crippen LogP) is 3.02. The Bertz CT molecular complexity index is 975. The summed E-state index contributed by atoms with van der Waals surface area (Å²) in [5, 5.41) is 11.0. The number of benzene rings is 1. The number of anilines is 1. The average molecular weight is 401 g/mol. The molecule has 3 aromatic rings. The van der Waals surface area contributed by atoms with E-state index in [2.05, 4.69) is 16.8 Å². The summed E-state index contributed by atoms with van der Waals surface area (Å²) in [5.74, 6) is -0.109. The molecule has 3 heterocycles. The van der Waals surface area contributed by atoms with E-state index in [1.165, 1.54) is 4.88 Å². The van der Waals surface area contributed by atoms with E-state index in [4.69, 9.17) is 19.6 Å². The smallest absolute Gasteiger partial charge is 0.307 e. The van der Waals surface area contributed by atoms with E-state index in [0.717, 1.165) is 65.8 Å². The number of fused-ring (bicyclic) bond motifs is 1. The zero-order valence-corrected chi connectivity index (χ0v) is 16.6. The summed E-state index contributed by atoms with van der Waals surface area (Å²) in [6, 6.07) is 5.72. The van der Waals surface area contributed by atoms with Crippen LogP contribution in [0, 0.1) is 6.92 Å². The molecule has 0 unspecified atom stereocenters. The minimum absolute atomic E-state index is 0.00815. The van der Waals surface area contributed by atoms with Crippen molar-refractivity contribution < 1.29 is 19.4 Å². The summed E-state index contributed by atoms with van der Waals surface area (Å²) in [4.78, 5) is 22.4. The van der Waals surface area contributed by atoms with Crippen molar-refractivity contribution in [1.82, 2.24) is 9.97 Å². The van der Waals surface area contributed by atoms with E-state index in [9.17, 15) is 4.79 Å². The second-order valence-electron chi connectivity index (χ2n) is 6.79. The lowest BCUT2D eigenvalue weighted by atomic mass is 10.1. The van der Waals surface area contributed by atoms with Crippen LogP contribution in [-0.4, -0.2) is 54.0 Å². The molecule has 8 heteroatoms. The third kappa shape index (κ3) is 4.13. The highest BCUT2D eigenvalue weighted by molar-refractivity contribution is 7.15. The fourth-order valence-corrected chi connectivity index (χ4v) is 4.36. The molecule has 1 aliphatic heterocycles. The van der Waals surface area contributed by atoms with Gasteiger partial charge in [0.05, 0.1) is 31.9 Å². The Morgan fingerprint density at radius 2 is 2.21 bits per heavy atom. The maximum Gasteiger partial charge on any atom is 0.307 e. The Labute approximate surface area is 166 Å². The molecule has 148 valence electrons. The van der Waals surface area contributed by atoms with E-state index in [0.29, 0.717) is 6.61 Å². The Morgan fingerprint density at radius 1 is 1.39 bits per heavy atom. The maximum absolute atomic E-state index is 11.0. The maximum atomic E-state index is 11.0. The van der Waals surface area contributed by atoms with Crippen molar-refractivity contribution >= 4 is 33.3 Å². The topological polar surface area (TPSA) is 87.7 Å². The largest absolute Gasteiger partial charge is 0.493 e. The number of ether oxygens (including phenoxy) is 2. The van der Waals surface area contributed by atoms with E-state index >= 15 is 0 Å². The molecule has 4 rings (SSSR count). The minimum atomic E-state index is -0.845. The van der Waals surface area contributed by atoms with Crippen LogP contribution in [0.5, 0.6) is 5.75 Å². The average Bonchev–Trinajstić information content (AvgIpc) is 3.26. The van der Waals surface area contributed by atoms with Gasteiger partial charge in [-0.3, -0.25) is 4.79 Å². The van der Waals surface area contributed by atoms with Crippen LogP contribution < -0.4 is 9.64 Å². The number of aryl methyl sites for hydroxylation is 1. The number of carbonyl (C=O) groups is 1. The normalized spacial score (nSPS) is 14.5. The zero-order valence-electron chi connectivity index (χ0n) is 15.7. The number of aliphatic carboxylic acids is 1. The lowest BCUT2D eigenvalue weighted by Gasteiger charge is -2.26. The first-order chi connectivity index (χ1) is 13.6. The van der Waals surface area contributed by atoms with Crippen LogP contribution >= 0.6 is 11.3 Å². The Kier molecular flexibility index (Phi) is 5.50. The van der Waals surface area contributed by atoms with Gasteiger partial charge in [0.25, 0.3) is 0 Å². The van der Waals surface area contributed by atoms with Gasteiger partial charge in [-0.25, -0.2) is 4.98 Å². The fraction of sp³-hybridized carbons (Fsp3) is 0.400. The first kappa shape index (κ1) is 18.8. The minimum Gasteiger partial charge on any atom is -0.493 e. The second kappa shape index (κ2) is 8.20. The molecule has 1 aromatic carbocycles. The van der Waals surface area contributed by atoms with Crippen molar-refractivity contribution in [2.45, 2.75) is 19.8 Å². The summed E-state index contributed by atoms with van der Waals surface area (Å²) in [6.45, 7) is 5.90. The van der Waals surface area contributed by atoms with Crippen molar-refractivity contribution in [2.24, 2.45) is 0 Å². The van der Waals surface area contributed by atoms with Crippen LogP contribution in [0.15, 0.2) is 24.4 Å². The molecule has 7 nitrogen and oxygen atoms in total. The number of hydrogen-bond donors (Lipinski definition) is 2. The Balaban J connectivity index is 1.39. The highest BCUT2D eigenvalue weighted by Gasteiger charge is 2.17. The van der Waals surface area contributed by atoms with E-state index in [1.807, 2.05) is 18.2 Å². The number of hydrogen-bond acceptors (Lipinski definition) is 6. The van der Waals surface area contributed by atoms with Gasteiger partial charge in [0.2, 0.25) is 0 Å². The van der Waals surface area contributed by atoms with Gasteiger partial charge in [-0.15, -0.1) is 11.3 Å². The number of morpholine rings is 1. The molecule has 1 fully saturated rings. The van der Waals surface area contributed by atoms with E-state index < -0.39 is 5.97 Å². The van der Waals surface area contributed by atoms with Crippen LogP contribution in [0.4, 0.5) is 5.13 Å². The Morgan fingerprint density at radius 3 is 3.00 bits per heavy atom. The molecule has 0 atom stereocenters.